The number of hydrogen-bond donors (Lipinski definition) is 1. The van der Waals surface area contributed by atoms with Crippen molar-refractivity contribution >= 4 is 16.8 Å². The van der Waals surface area contributed by atoms with E-state index in [4.69, 9.17) is 4.74 Å². The molecular weight excluding hydrogens is 383 g/mol. The maximum Gasteiger partial charge on any atom is 0.251 e. The summed E-state index contributed by atoms with van der Waals surface area (Å²) in [5.41, 5.74) is 3.46. The van der Waals surface area contributed by atoms with E-state index in [1.807, 2.05) is 29.8 Å². The van der Waals surface area contributed by atoms with Gasteiger partial charge in [0.15, 0.2) is 0 Å². The molecule has 0 bridgehead atoms. The Kier molecular flexibility index (Phi) is 5.54. The second-order valence-electron chi connectivity index (χ2n) is 6.91. The van der Waals surface area contributed by atoms with Gasteiger partial charge in [-0.15, -0.1) is 0 Å². The van der Waals surface area contributed by atoms with E-state index < -0.39 is 0 Å². The zero-order valence-corrected chi connectivity index (χ0v) is 16.7. The van der Waals surface area contributed by atoms with E-state index >= 15 is 0 Å². The minimum absolute atomic E-state index is 0.171. The molecule has 6 nitrogen and oxygen atoms in total. The molecule has 2 aromatic carbocycles. The van der Waals surface area contributed by atoms with E-state index in [9.17, 15) is 9.18 Å². The number of carbonyl (C=O) groups is 1. The molecule has 0 atom stereocenters. The van der Waals surface area contributed by atoms with E-state index in [-0.39, 0.29) is 11.7 Å². The summed E-state index contributed by atoms with van der Waals surface area (Å²) in [4.78, 5) is 21.3. The average molecular weight is 404 g/mol. The predicted octanol–water partition coefficient (Wildman–Crippen LogP) is 3.91. The Balaban J connectivity index is 1.69. The van der Waals surface area contributed by atoms with Crippen molar-refractivity contribution in [1.82, 2.24) is 19.9 Å². The molecule has 2 heterocycles. The highest BCUT2D eigenvalue weighted by Gasteiger charge is 2.13. The Hall–Kier alpha value is -3.58. The summed E-state index contributed by atoms with van der Waals surface area (Å²) in [7, 11) is 1.59. The number of nitrogens with one attached hydrogen (secondary N) is 1. The van der Waals surface area contributed by atoms with Gasteiger partial charge in [0, 0.05) is 54.3 Å². The molecule has 0 aliphatic carbocycles. The minimum Gasteiger partial charge on any atom is -0.383 e. The molecule has 4 aromatic rings. The second kappa shape index (κ2) is 8.42. The molecule has 0 saturated heterocycles. The average Bonchev–Trinajstić information content (AvgIpc) is 3.10. The summed E-state index contributed by atoms with van der Waals surface area (Å²) in [6.07, 6.45) is 5.13. The number of carbonyl (C=O) groups excluding carboxylic acids is 1. The van der Waals surface area contributed by atoms with Gasteiger partial charge in [-0.2, -0.15) is 0 Å². The molecule has 0 aliphatic heterocycles. The van der Waals surface area contributed by atoms with E-state index in [1.165, 1.54) is 6.07 Å². The first-order valence-corrected chi connectivity index (χ1v) is 9.54. The van der Waals surface area contributed by atoms with Crippen LogP contribution in [0.1, 0.15) is 15.9 Å². The number of aryl methyl sites for hydroxylation is 1. The maximum absolute atomic E-state index is 14.0. The predicted molar refractivity (Wildman–Crippen MR) is 113 cm³/mol. The van der Waals surface area contributed by atoms with Crippen molar-refractivity contribution in [1.29, 1.82) is 0 Å². The monoisotopic (exact) mass is 404 g/mol. The van der Waals surface area contributed by atoms with Crippen LogP contribution >= 0.6 is 0 Å². The highest BCUT2D eigenvalue weighted by Crippen LogP contribution is 2.26. The van der Waals surface area contributed by atoms with Crippen LogP contribution in [-0.4, -0.2) is 40.7 Å². The zero-order chi connectivity index (χ0) is 21.1. The number of rotatable bonds is 6. The second-order valence-corrected chi connectivity index (χ2v) is 6.91. The fourth-order valence-electron chi connectivity index (χ4n) is 3.35. The molecule has 1 N–H and O–H groups in total. The van der Waals surface area contributed by atoms with Gasteiger partial charge in [0.2, 0.25) is 5.95 Å². The summed E-state index contributed by atoms with van der Waals surface area (Å²) in [6, 6.07) is 12.0. The van der Waals surface area contributed by atoms with E-state index in [0.29, 0.717) is 35.8 Å². The van der Waals surface area contributed by atoms with Gasteiger partial charge in [0.1, 0.15) is 5.82 Å². The fourth-order valence-corrected chi connectivity index (χ4v) is 3.35. The lowest BCUT2D eigenvalue weighted by atomic mass is 10.1. The first kappa shape index (κ1) is 19.7. The number of amides is 1. The minimum atomic E-state index is -0.319. The van der Waals surface area contributed by atoms with Crippen LogP contribution in [-0.2, 0) is 4.74 Å². The van der Waals surface area contributed by atoms with Gasteiger partial charge in [-0.3, -0.25) is 9.36 Å². The lowest BCUT2D eigenvalue weighted by molar-refractivity contribution is 0.0937. The lowest BCUT2D eigenvalue weighted by Crippen LogP contribution is -2.26. The highest BCUT2D eigenvalue weighted by atomic mass is 19.1. The number of fused-ring (bicyclic) bond motifs is 1. The van der Waals surface area contributed by atoms with Crippen LogP contribution < -0.4 is 5.32 Å². The molecule has 4 rings (SSSR count). The Morgan fingerprint density at radius 1 is 1.17 bits per heavy atom. The molecular formula is C23H21FN4O2. The number of ether oxygens (including phenoxy) is 1. The van der Waals surface area contributed by atoms with Crippen molar-refractivity contribution in [2.24, 2.45) is 0 Å². The topological polar surface area (TPSA) is 69.0 Å². The van der Waals surface area contributed by atoms with Crippen LogP contribution in [0.2, 0.25) is 0 Å². The van der Waals surface area contributed by atoms with Crippen LogP contribution in [0.25, 0.3) is 28.0 Å². The summed E-state index contributed by atoms with van der Waals surface area (Å²) >= 11 is 0. The van der Waals surface area contributed by atoms with Gasteiger partial charge in [-0.1, -0.05) is 24.3 Å². The number of benzene rings is 2. The molecule has 0 radical (unpaired) electrons. The number of methoxy groups -OCH3 is 1. The van der Waals surface area contributed by atoms with Gasteiger partial charge in [-0.25, -0.2) is 14.4 Å². The molecule has 152 valence electrons. The number of halogens is 1. The quantitative estimate of drug-likeness (QED) is 0.495. The molecule has 7 heteroatoms. The van der Waals surface area contributed by atoms with Crippen molar-refractivity contribution < 1.29 is 13.9 Å². The summed E-state index contributed by atoms with van der Waals surface area (Å²) in [5.74, 6) is -0.0412. The molecule has 0 fully saturated rings. The van der Waals surface area contributed by atoms with Crippen molar-refractivity contribution in [3.8, 4) is 17.1 Å². The highest BCUT2D eigenvalue weighted by molar-refractivity contribution is 5.99. The van der Waals surface area contributed by atoms with Crippen LogP contribution in [0.5, 0.6) is 0 Å². The third-order valence-electron chi connectivity index (χ3n) is 4.90. The smallest absolute Gasteiger partial charge is 0.251 e. The van der Waals surface area contributed by atoms with Gasteiger partial charge < -0.3 is 10.1 Å². The van der Waals surface area contributed by atoms with Crippen molar-refractivity contribution in [2.45, 2.75) is 6.92 Å². The molecule has 0 aliphatic rings. The largest absolute Gasteiger partial charge is 0.383 e. The number of aromatic nitrogens is 3. The van der Waals surface area contributed by atoms with Crippen molar-refractivity contribution in [3.63, 3.8) is 0 Å². The normalized spacial score (nSPS) is 11.0. The van der Waals surface area contributed by atoms with Gasteiger partial charge >= 0.3 is 0 Å². The Morgan fingerprint density at radius 2 is 1.93 bits per heavy atom. The molecule has 0 saturated carbocycles. The molecule has 0 unspecified atom stereocenters. The third-order valence-corrected chi connectivity index (χ3v) is 4.90. The van der Waals surface area contributed by atoms with Crippen LogP contribution in [0.4, 0.5) is 4.39 Å². The van der Waals surface area contributed by atoms with Crippen LogP contribution in [0.3, 0.4) is 0 Å². The number of nitrogens with zero attached hydrogens (tertiary/aromatic N) is 3. The third kappa shape index (κ3) is 3.79. The summed E-state index contributed by atoms with van der Waals surface area (Å²) in [6.45, 7) is 2.88. The van der Waals surface area contributed by atoms with Crippen molar-refractivity contribution in [3.05, 3.63) is 78.0 Å². The maximum atomic E-state index is 14.0. The molecule has 1 amide bonds. The van der Waals surface area contributed by atoms with E-state index in [0.717, 1.165) is 16.5 Å². The Morgan fingerprint density at radius 3 is 2.67 bits per heavy atom. The van der Waals surface area contributed by atoms with Gasteiger partial charge in [-0.05, 0) is 30.7 Å². The lowest BCUT2D eigenvalue weighted by Gasteiger charge is -2.08. The van der Waals surface area contributed by atoms with Crippen molar-refractivity contribution in [2.75, 3.05) is 20.3 Å². The van der Waals surface area contributed by atoms with E-state index in [2.05, 4.69) is 15.3 Å². The van der Waals surface area contributed by atoms with Crippen LogP contribution in [0, 0.1) is 12.7 Å². The number of hydrogen-bond acceptors (Lipinski definition) is 4. The first-order valence-electron chi connectivity index (χ1n) is 9.54. The molecule has 0 spiro atoms. The summed E-state index contributed by atoms with van der Waals surface area (Å²) < 4.78 is 20.8. The first-order chi connectivity index (χ1) is 14.6. The standard InChI is InChI=1S/C23H21FN4O2/c1-15-14-28(21-11-16(7-8-18(15)21)22(29)25-9-10-30-2)23-26-12-17(13-27-23)19-5-3-4-6-20(19)24/h3-8,11-14H,9-10H2,1-2H3,(H,25,29). The van der Waals surface area contributed by atoms with E-state index in [1.54, 1.807) is 43.8 Å². The fraction of sp³-hybridized carbons (Fsp3) is 0.174. The van der Waals surface area contributed by atoms with Gasteiger partial charge in [0.05, 0.1) is 12.1 Å². The Bertz CT molecular complexity index is 1200. The molecule has 30 heavy (non-hydrogen) atoms. The van der Waals surface area contributed by atoms with Crippen LogP contribution in [0.15, 0.2) is 61.1 Å². The Labute approximate surface area is 173 Å². The zero-order valence-electron chi connectivity index (χ0n) is 16.7. The molecule has 2 aromatic heterocycles. The van der Waals surface area contributed by atoms with Gasteiger partial charge in [0.25, 0.3) is 5.91 Å². The summed E-state index contributed by atoms with van der Waals surface area (Å²) in [5, 5.41) is 3.83. The SMILES string of the molecule is COCCNC(=O)c1ccc2c(C)cn(-c3ncc(-c4ccccc4F)cn3)c2c1.